The number of nitrogens with zero attached hydrogens (tertiary/aromatic N) is 1. The van der Waals surface area contributed by atoms with E-state index < -0.39 is 11.7 Å². The number of amides is 1. The predicted octanol–water partition coefficient (Wildman–Crippen LogP) is 3.46. The maximum Gasteiger partial charge on any atom is 0.416 e. The molecule has 0 saturated carbocycles. The van der Waals surface area contributed by atoms with Gasteiger partial charge in [-0.1, -0.05) is 18.5 Å². The van der Waals surface area contributed by atoms with Crippen molar-refractivity contribution in [3.05, 3.63) is 34.3 Å². The van der Waals surface area contributed by atoms with Crippen LogP contribution in [0.15, 0.2) is 18.2 Å². The zero-order valence-corrected chi connectivity index (χ0v) is 13.0. The van der Waals surface area contributed by atoms with Crippen LogP contribution in [0.4, 0.5) is 13.2 Å². The zero-order chi connectivity index (χ0) is 16.3. The molecule has 7 heteroatoms. The second-order valence-electron chi connectivity index (χ2n) is 5.36. The van der Waals surface area contributed by atoms with Crippen LogP contribution >= 0.6 is 11.6 Å². The summed E-state index contributed by atoms with van der Waals surface area (Å²) in [5.74, 6) is 0.0985. The summed E-state index contributed by atoms with van der Waals surface area (Å²) < 4.78 is 38.1. The number of carbonyl (C=O) groups is 1. The van der Waals surface area contributed by atoms with Crippen molar-refractivity contribution in [2.24, 2.45) is 0 Å². The highest BCUT2D eigenvalue weighted by Crippen LogP contribution is 2.31. The first kappa shape index (κ1) is 17.1. The molecule has 0 unspecified atom stereocenters. The van der Waals surface area contributed by atoms with Crippen molar-refractivity contribution in [3.63, 3.8) is 0 Å². The minimum absolute atomic E-state index is 0.0844. The Kier molecular flexibility index (Phi) is 5.34. The number of rotatable bonds is 4. The second-order valence-corrected chi connectivity index (χ2v) is 5.77. The minimum atomic E-state index is -4.38. The van der Waals surface area contributed by atoms with Gasteiger partial charge in [-0.3, -0.25) is 4.79 Å². The van der Waals surface area contributed by atoms with Gasteiger partial charge in [-0.25, -0.2) is 0 Å². The van der Waals surface area contributed by atoms with Crippen molar-refractivity contribution in [1.82, 2.24) is 10.2 Å². The van der Waals surface area contributed by atoms with Gasteiger partial charge in [-0.2, -0.15) is 13.2 Å². The Hall–Kier alpha value is -1.27. The molecule has 1 aromatic rings. The Bertz CT molecular complexity index is 548. The van der Waals surface area contributed by atoms with Crippen molar-refractivity contribution in [3.8, 4) is 0 Å². The zero-order valence-electron chi connectivity index (χ0n) is 12.2. The van der Waals surface area contributed by atoms with Gasteiger partial charge in [0.2, 0.25) is 5.91 Å². The van der Waals surface area contributed by atoms with Gasteiger partial charge in [0.1, 0.15) is 0 Å². The maximum atomic E-state index is 12.7. The molecule has 0 bridgehead atoms. The topological polar surface area (TPSA) is 32.3 Å². The molecule has 1 atom stereocenters. The molecule has 0 spiro atoms. The number of hydrogen-bond acceptors (Lipinski definition) is 2. The quantitative estimate of drug-likeness (QED) is 0.914. The summed E-state index contributed by atoms with van der Waals surface area (Å²) >= 11 is 5.96. The number of halogens is 4. The number of alkyl halides is 3. The van der Waals surface area contributed by atoms with Crippen LogP contribution in [-0.4, -0.2) is 29.9 Å². The third kappa shape index (κ3) is 4.14. The van der Waals surface area contributed by atoms with E-state index in [1.54, 1.807) is 4.90 Å². The minimum Gasteiger partial charge on any atom is -0.341 e. The van der Waals surface area contributed by atoms with Gasteiger partial charge in [0.05, 0.1) is 5.56 Å². The van der Waals surface area contributed by atoms with E-state index in [4.69, 9.17) is 11.6 Å². The Labute approximate surface area is 132 Å². The molecule has 1 saturated heterocycles. The number of likely N-dealkylation sites (tertiary alicyclic amines) is 1. The number of benzene rings is 1. The van der Waals surface area contributed by atoms with Crippen molar-refractivity contribution < 1.29 is 18.0 Å². The largest absolute Gasteiger partial charge is 0.416 e. The molecular weight excluding hydrogens is 317 g/mol. The van der Waals surface area contributed by atoms with Gasteiger partial charge in [0, 0.05) is 37.1 Å². The number of carbonyl (C=O) groups excluding carboxylic acids is 1. The first-order chi connectivity index (χ1) is 10.3. The molecule has 1 aliphatic rings. The molecule has 1 heterocycles. The van der Waals surface area contributed by atoms with E-state index in [-0.39, 0.29) is 18.5 Å². The maximum absolute atomic E-state index is 12.7. The lowest BCUT2D eigenvalue weighted by Crippen LogP contribution is -2.34. The average molecular weight is 335 g/mol. The summed E-state index contributed by atoms with van der Waals surface area (Å²) in [6.07, 6.45) is -3.12. The molecule has 1 fully saturated rings. The van der Waals surface area contributed by atoms with E-state index in [9.17, 15) is 18.0 Å². The molecule has 1 aliphatic heterocycles. The summed E-state index contributed by atoms with van der Waals surface area (Å²) in [5, 5.41) is 3.49. The highest BCUT2D eigenvalue weighted by molar-refractivity contribution is 6.31. The normalized spacial score (nSPS) is 18.8. The summed E-state index contributed by atoms with van der Waals surface area (Å²) in [5.41, 5.74) is -0.292. The van der Waals surface area contributed by atoms with E-state index in [0.29, 0.717) is 30.1 Å². The van der Waals surface area contributed by atoms with Gasteiger partial charge in [0.25, 0.3) is 0 Å². The monoisotopic (exact) mass is 334 g/mol. The molecule has 0 aliphatic carbocycles. The highest BCUT2D eigenvalue weighted by Gasteiger charge is 2.31. The van der Waals surface area contributed by atoms with Crippen LogP contribution in [0.1, 0.15) is 30.9 Å². The van der Waals surface area contributed by atoms with Crippen molar-refractivity contribution in [2.75, 3.05) is 13.1 Å². The summed E-state index contributed by atoms with van der Waals surface area (Å²) in [6.45, 7) is 3.33. The Morgan fingerprint density at radius 1 is 1.45 bits per heavy atom. The van der Waals surface area contributed by atoms with E-state index in [0.717, 1.165) is 18.6 Å². The molecule has 1 N–H and O–H groups in total. The van der Waals surface area contributed by atoms with E-state index in [1.165, 1.54) is 6.07 Å². The van der Waals surface area contributed by atoms with Crippen molar-refractivity contribution >= 4 is 17.5 Å². The van der Waals surface area contributed by atoms with E-state index in [1.807, 2.05) is 6.92 Å². The van der Waals surface area contributed by atoms with Crippen LogP contribution in [-0.2, 0) is 17.5 Å². The smallest absolute Gasteiger partial charge is 0.341 e. The van der Waals surface area contributed by atoms with Crippen LogP contribution in [0.3, 0.4) is 0 Å². The summed E-state index contributed by atoms with van der Waals surface area (Å²) in [4.78, 5) is 13.4. The predicted molar refractivity (Wildman–Crippen MR) is 78.6 cm³/mol. The van der Waals surface area contributed by atoms with E-state index in [2.05, 4.69) is 5.32 Å². The third-order valence-electron chi connectivity index (χ3n) is 3.80. The molecule has 122 valence electrons. The second kappa shape index (κ2) is 6.87. The first-order valence-electron chi connectivity index (χ1n) is 7.18. The SMILES string of the molecule is CCC(=O)N1CC[C@H](NCc2cc(C(F)(F)F)ccc2Cl)C1. The molecule has 1 aromatic carbocycles. The number of hydrogen-bond donors (Lipinski definition) is 1. The molecule has 1 amide bonds. The summed E-state index contributed by atoms with van der Waals surface area (Å²) in [6, 6.07) is 3.40. The van der Waals surface area contributed by atoms with Crippen LogP contribution in [0.25, 0.3) is 0 Å². The standard InChI is InChI=1S/C15H18ClF3N2O/c1-2-14(22)21-6-5-12(9-21)20-8-10-7-11(15(17,18)19)3-4-13(10)16/h3-4,7,12,20H,2,5-6,8-9H2,1H3/t12-/m0/s1. The van der Waals surface area contributed by atoms with Crippen LogP contribution in [0.5, 0.6) is 0 Å². The highest BCUT2D eigenvalue weighted by atomic mass is 35.5. The van der Waals surface area contributed by atoms with Crippen molar-refractivity contribution in [1.29, 1.82) is 0 Å². The molecule has 2 rings (SSSR count). The van der Waals surface area contributed by atoms with Gasteiger partial charge < -0.3 is 10.2 Å². The van der Waals surface area contributed by atoms with Gasteiger partial charge in [-0.15, -0.1) is 0 Å². The van der Waals surface area contributed by atoms with E-state index >= 15 is 0 Å². The van der Waals surface area contributed by atoms with Crippen LogP contribution in [0.2, 0.25) is 5.02 Å². The van der Waals surface area contributed by atoms with Crippen LogP contribution < -0.4 is 5.32 Å². The lowest BCUT2D eigenvalue weighted by Gasteiger charge is -2.17. The fraction of sp³-hybridized carbons (Fsp3) is 0.533. The van der Waals surface area contributed by atoms with Gasteiger partial charge in [-0.05, 0) is 30.2 Å². The first-order valence-corrected chi connectivity index (χ1v) is 7.56. The van der Waals surface area contributed by atoms with Crippen LogP contribution in [0, 0.1) is 0 Å². The fourth-order valence-electron chi connectivity index (χ4n) is 2.52. The lowest BCUT2D eigenvalue weighted by molar-refractivity contribution is -0.137. The summed E-state index contributed by atoms with van der Waals surface area (Å²) in [7, 11) is 0. The Morgan fingerprint density at radius 3 is 2.82 bits per heavy atom. The molecule has 0 radical (unpaired) electrons. The molecule has 3 nitrogen and oxygen atoms in total. The molecular formula is C15H18ClF3N2O. The third-order valence-corrected chi connectivity index (χ3v) is 4.17. The fourth-order valence-corrected chi connectivity index (χ4v) is 2.70. The Morgan fingerprint density at radius 2 is 2.18 bits per heavy atom. The average Bonchev–Trinajstić information content (AvgIpc) is 2.93. The van der Waals surface area contributed by atoms with Crippen molar-refractivity contribution in [2.45, 2.75) is 38.5 Å². The lowest BCUT2D eigenvalue weighted by atomic mass is 10.1. The molecule has 0 aromatic heterocycles. The molecule has 22 heavy (non-hydrogen) atoms. The van der Waals surface area contributed by atoms with Gasteiger partial charge >= 0.3 is 6.18 Å². The van der Waals surface area contributed by atoms with Gasteiger partial charge in [0.15, 0.2) is 0 Å². The Balaban J connectivity index is 1.96. The number of nitrogens with one attached hydrogen (secondary N) is 1.